The van der Waals surface area contributed by atoms with E-state index >= 15 is 0 Å². The zero-order valence-corrected chi connectivity index (χ0v) is 13.1. The van der Waals surface area contributed by atoms with E-state index in [0.29, 0.717) is 24.5 Å². The Bertz CT molecular complexity index is 891. The van der Waals surface area contributed by atoms with E-state index in [1.165, 1.54) is 12.1 Å². The maximum Gasteiger partial charge on any atom is 0.292 e. The first-order valence-corrected chi connectivity index (χ1v) is 7.35. The lowest BCUT2D eigenvalue weighted by atomic mass is 10.1. The molecule has 0 fully saturated rings. The lowest BCUT2D eigenvalue weighted by Crippen LogP contribution is -2.07. The Hall–Kier alpha value is -3.13. The van der Waals surface area contributed by atoms with Gasteiger partial charge in [0.15, 0.2) is 0 Å². The molecular weight excluding hydrogens is 310 g/mol. The van der Waals surface area contributed by atoms with Crippen LogP contribution in [0.15, 0.2) is 36.4 Å². The average molecular weight is 327 g/mol. The molecule has 3 rings (SSSR count). The summed E-state index contributed by atoms with van der Waals surface area (Å²) in [6.07, 6.45) is 0. The Morgan fingerprint density at radius 1 is 1.33 bits per heavy atom. The monoisotopic (exact) mass is 327 g/mol. The lowest BCUT2D eigenvalue weighted by Gasteiger charge is -2.04. The van der Waals surface area contributed by atoms with E-state index in [1.807, 2.05) is 18.2 Å². The molecule has 0 unspecified atom stereocenters. The Morgan fingerprint density at radius 2 is 2.17 bits per heavy atom. The molecular formula is C16H17N5O3. The first-order valence-electron chi connectivity index (χ1n) is 7.35. The molecule has 0 aliphatic carbocycles. The fourth-order valence-electron chi connectivity index (χ4n) is 2.40. The lowest BCUT2D eigenvalue weighted by molar-refractivity contribution is -0.383. The molecule has 1 heterocycles. The van der Waals surface area contributed by atoms with Gasteiger partial charge in [-0.3, -0.25) is 10.1 Å². The van der Waals surface area contributed by atoms with E-state index in [0.717, 1.165) is 16.7 Å². The number of aromatic amines is 1. The van der Waals surface area contributed by atoms with Crippen molar-refractivity contribution in [2.24, 2.45) is 0 Å². The summed E-state index contributed by atoms with van der Waals surface area (Å²) >= 11 is 0. The van der Waals surface area contributed by atoms with Gasteiger partial charge in [0.2, 0.25) is 0 Å². The second-order valence-electron chi connectivity index (χ2n) is 5.27. The van der Waals surface area contributed by atoms with Gasteiger partial charge in [0.25, 0.3) is 5.69 Å². The molecule has 8 heteroatoms. The van der Waals surface area contributed by atoms with Crippen LogP contribution >= 0.6 is 0 Å². The van der Waals surface area contributed by atoms with Gasteiger partial charge in [-0.2, -0.15) is 0 Å². The number of benzene rings is 2. The fraction of sp³-hybridized carbons (Fsp3) is 0.188. The highest BCUT2D eigenvalue weighted by Crippen LogP contribution is 2.29. The summed E-state index contributed by atoms with van der Waals surface area (Å²) in [6, 6.07) is 10.4. The van der Waals surface area contributed by atoms with Gasteiger partial charge in [0.05, 0.1) is 22.6 Å². The number of nitrogens with zero attached hydrogens (tertiary/aromatic N) is 2. The van der Waals surface area contributed by atoms with E-state index in [4.69, 9.17) is 10.5 Å². The number of H-pyrrole nitrogens is 1. The van der Waals surface area contributed by atoms with Crippen LogP contribution in [0.2, 0.25) is 0 Å². The quantitative estimate of drug-likeness (QED) is 0.277. The smallest absolute Gasteiger partial charge is 0.292 e. The molecule has 0 amide bonds. The van der Waals surface area contributed by atoms with Crippen molar-refractivity contribution in [2.45, 2.75) is 0 Å². The number of nitrogens with two attached hydrogens (primary N) is 1. The highest BCUT2D eigenvalue weighted by Gasteiger charge is 2.14. The van der Waals surface area contributed by atoms with Gasteiger partial charge in [0, 0.05) is 31.0 Å². The normalized spacial score (nSPS) is 10.9. The number of nitrogens with one attached hydrogen (secondary N) is 2. The van der Waals surface area contributed by atoms with Crippen LogP contribution in [-0.2, 0) is 4.74 Å². The van der Waals surface area contributed by atoms with Gasteiger partial charge < -0.3 is 20.8 Å². The van der Waals surface area contributed by atoms with Gasteiger partial charge in [-0.05, 0) is 30.3 Å². The Labute approximate surface area is 137 Å². The first kappa shape index (κ1) is 15.8. The van der Waals surface area contributed by atoms with E-state index in [2.05, 4.69) is 15.3 Å². The van der Waals surface area contributed by atoms with E-state index in [-0.39, 0.29) is 11.4 Å². The van der Waals surface area contributed by atoms with Crippen LogP contribution in [-0.4, -0.2) is 35.2 Å². The molecule has 8 nitrogen and oxygen atoms in total. The van der Waals surface area contributed by atoms with Crippen molar-refractivity contribution in [3.8, 4) is 11.4 Å². The highest BCUT2D eigenvalue weighted by molar-refractivity contribution is 5.83. The van der Waals surface area contributed by atoms with Crippen molar-refractivity contribution in [2.75, 3.05) is 31.3 Å². The van der Waals surface area contributed by atoms with Crippen molar-refractivity contribution in [1.29, 1.82) is 0 Å². The number of imidazole rings is 1. The third-order valence-electron chi connectivity index (χ3n) is 3.62. The summed E-state index contributed by atoms with van der Waals surface area (Å²) in [5.74, 6) is 0.558. The number of hydrogen-bond donors (Lipinski definition) is 3. The number of aromatic nitrogens is 2. The van der Waals surface area contributed by atoms with E-state index < -0.39 is 4.92 Å². The molecule has 24 heavy (non-hydrogen) atoms. The number of nitrogen functional groups attached to an aromatic ring is 1. The number of rotatable bonds is 6. The van der Waals surface area contributed by atoms with Crippen LogP contribution < -0.4 is 11.1 Å². The standard InChI is InChI=1S/C16H17N5O3/c1-24-7-6-18-11-3-5-13-14(9-11)20-16(19-13)10-2-4-12(17)15(8-10)21(22)23/h2-5,8-9,18H,6-7,17H2,1H3,(H,19,20). The SMILES string of the molecule is COCCNc1ccc2[nH]c(-c3ccc(N)c([N+](=O)[O-])c3)nc2c1. The number of hydrogen-bond acceptors (Lipinski definition) is 6. The van der Waals surface area contributed by atoms with Crippen molar-refractivity contribution in [3.05, 3.63) is 46.5 Å². The summed E-state index contributed by atoms with van der Waals surface area (Å²) in [4.78, 5) is 18.2. The minimum Gasteiger partial charge on any atom is -0.393 e. The number of anilines is 2. The Balaban J connectivity index is 1.93. The minimum atomic E-state index is -0.501. The summed E-state index contributed by atoms with van der Waals surface area (Å²) in [5.41, 5.74) is 8.79. The van der Waals surface area contributed by atoms with Crippen molar-refractivity contribution < 1.29 is 9.66 Å². The van der Waals surface area contributed by atoms with Crippen LogP contribution in [0.4, 0.5) is 17.1 Å². The topological polar surface area (TPSA) is 119 Å². The molecule has 0 aliphatic heterocycles. The predicted molar refractivity (Wildman–Crippen MR) is 93.0 cm³/mol. The Morgan fingerprint density at radius 3 is 2.92 bits per heavy atom. The summed E-state index contributed by atoms with van der Waals surface area (Å²) in [5, 5.41) is 14.3. The van der Waals surface area contributed by atoms with Gasteiger partial charge in [-0.25, -0.2) is 4.98 Å². The van der Waals surface area contributed by atoms with Crippen molar-refractivity contribution in [3.63, 3.8) is 0 Å². The summed E-state index contributed by atoms with van der Waals surface area (Å²) in [6.45, 7) is 1.31. The molecule has 3 aromatic rings. The van der Waals surface area contributed by atoms with Crippen LogP contribution in [0, 0.1) is 10.1 Å². The van der Waals surface area contributed by atoms with Gasteiger partial charge in [-0.15, -0.1) is 0 Å². The molecule has 0 radical (unpaired) electrons. The van der Waals surface area contributed by atoms with Crippen LogP contribution in [0.1, 0.15) is 0 Å². The summed E-state index contributed by atoms with van der Waals surface area (Å²) < 4.78 is 5.00. The number of methoxy groups -OCH3 is 1. The predicted octanol–water partition coefficient (Wildman–Crippen LogP) is 2.78. The zero-order valence-electron chi connectivity index (χ0n) is 13.1. The number of fused-ring (bicyclic) bond motifs is 1. The highest BCUT2D eigenvalue weighted by atomic mass is 16.6. The zero-order chi connectivity index (χ0) is 17.1. The first-order chi connectivity index (χ1) is 11.6. The molecule has 0 saturated carbocycles. The second-order valence-corrected chi connectivity index (χ2v) is 5.27. The molecule has 2 aromatic carbocycles. The number of nitro benzene ring substituents is 1. The van der Waals surface area contributed by atoms with Crippen LogP contribution in [0.25, 0.3) is 22.4 Å². The van der Waals surface area contributed by atoms with E-state index in [9.17, 15) is 10.1 Å². The largest absolute Gasteiger partial charge is 0.393 e. The van der Waals surface area contributed by atoms with Crippen molar-refractivity contribution >= 4 is 28.1 Å². The minimum absolute atomic E-state index is 0.129. The summed E-state index contributed by atoms with van der Waals surface area (Å²) in [7, 11) is 1.65. The maximum atomic E-state index is 11.0. The fourth-order valence-corrected chi connectivity index (χ4v) is 2.40. The third-order valence-corrected chi connectivity index (χ3v) is 3.62. The molecule has 0 spiro atoms. The Kier molecular flexibility index (Phi) is 4.30. The molecule has 0 saturated heterocycles. The molecule has 0 bridgehead atoms. The third kappa shape index (κ3) is 3.13. The van der Waals surface area contributed by atoms with E-state index in [1.54, 1.807) is 13.2 Å². The van der Waals surface area contributed by atoms with Crippen molar-refractivity contribution in [1.82, 2.24) is 9.97 Å². The molecule has 0 aliphatic rings. The van der Waals surface area contributed by atoms with Crippen LogP contribution in [0.3, 0.4) is 0 Å². The number of ether oxygens (including phenoxy) is 1. The molecule has 124 valence electrons. The molecule has 1 aromatic heterocycles. The maximum absolute atomic E-state index is 11.0. The number of nitro groups is 1. The second kappa shape index (κ2) is 6.55. The molecule has 0 atom stereocenters. The van der Waals surface area contributed by atoms with Gasteiger partial charge in [0.1, 0.15) is 11.5 Å². The average Bonchev–Trinajstić information content (AvgIpc) is 2.98. The van der Waals surface area contributed by atoms with Crippen LogP contribution in [0.5, 0.6) is 0 Å². The van der Waals surface area contributed by atoms with Gasteiger partial charge in [-0.1, -0.05) is 0 Å². The molecule has 4 N–H and O–H groups in total. The van der Waals surface area contributed by atoms with Gasteiger partial charge >= 0.3 is 0 Å².